The Balaban J connectivity index is 1.53. The predicted molar refractivity (Wildman–Crippen MR) is 52.5 cm³/mol. The van der Waals surface area contributed by atoms with E-state index in [1.807, 2.05) is 0 Å². The molecule has 0 amide bonds. The van der Waals surface area contributed by atoms with Crippen LogP contribution in [0, 0.1) is 5.92 Å². The molecular weight excluding hydrogens is 178 g/mol. The fourth-order valence-corrected chi connectivity index (χ4v) is 1.52. The van der Waals surface area contributed by atoms with E-state index < -0.39 is 0 Å². The summed E-state index contributed by atoms with van der Waals surface area (Å²) in [5, 5.41) is 15.1. The van der Waals surface area contributed by atoms with Crippen LogP contribution in [0.25, 0.3) is 0 Å². The summed E-state index contributed by atoms with van der Waals surface area (Å²) in [6.07, 6.45) is 5.54. The second kappa shape index (κ2) is 4.50. The van der Waals surface area contributed by atoms with E-state index in [9.17, 15) is 0 Å². The molecule has 0 atom stereocenters. The van der Waals surface area contributed by atoms with Crippen molar-refractivity contribution in [2.45, 2.75) is 32.2 Å². The van der Waals surface area contributed by atoms with Crippen LogP contribution in [0.3, 0.4) is 0 Å². The maximum absolute atomic E-state index is 4.09. The molecule has 1 aliphatic carbocycles. The first kappa shape index (κ1) is 9.58. The summed E-state index contributed by atoms with van der Waals surface area (Å²) in [7, 11) is 1.78. The van der Waals surface area contributed by atoms with Gasteiger partial charge in [0.2, 0.25) is 0 Å². The fraction of sp³-hybridized carbons (Fsp3) is 0.889. The Hall–Kier alpha value is -0.970. The summed E-state index contributed by atoms with van der Waals surface area (Å²) in [6, 6.07) is 0. The van der Waals surface area contributed by atoms with Crippen molar-refractivity contribution in [3.8, 4) is 0 Å². The molecule has 1 aromatic heterocycles. The van der Waals surface area contributed by atoms with Crippen LogP contribution in [0.5, 0.6) is 0 Å². The molecule has 0 aliphatic heterocycles. The van der Waals surface area contributed by atoms with E-state index in [0.717, 1.165) is 24.8 Å². The van der Waals surface area contributed by atoms with Gasteiger partial charge in [0.25, 0.3) is 0 Å². The Morgan fingerprint density at radius 1 is 1.50 bits per heavy atom. The van der Waals surface area contributed by atoms with Gasteiger partial charge in [-0.15, -0.1) is 10.2 Å². The van der Waals surface area contributed by atoms with Crippen molar-refractivity contribution < 1.29 is 0 Å². The monoisotopic (exact) mass is 195 g/mol. The van der Waals surface area contributed by atoms with E-state index in [1.54, 1.807) is 7.05 Å². The first-order valence-electron chi connectivity index (χ1n) is 5.28. The number of tetrazole rings is 1. The van der Waals surface area contributed by atoms with Crippen molar-refractivity contribution >= 4 is 0 Å². The highest BCUT2D eigenvalue weighted by atomic mass is 15.6. The van der Waals surface area contributed by atoms with Crippen molar-refractivity contribution in [2.24, 2.45) is 13.0 Å². The van der Waals surface area contributed by atoms with Crippen molar-refractivity contribution in [2.75, 3.05) is 6.54 Å². The van der Waals surface area contributed by atoms with Crippen LogP contribution < -0.4 is 5.32 Å². The second-order valence-corrected chi connectivity index (χ2v) is 3.96. The molecule has 0 aromatic carbocycles. The summed E-state index contributed by atoms with van der Waals surface area (Å²) in [6.45, 7) is 1.80. The van der Waals surface area contributed by atoms with Crippen molar-refractivity contribution in [3.63, 3.8) is 0 Å². The zero-order valence-electron chi connectivity index (χ0n) is 8.61. The summed E-state index contributed by atoms with van der Waals surface area (Å²) < 4.78 is 0. The lowest BCUT2D eigenvalue weighted by Crippen LogP contribution is -2.16. The third-order valence-electron chi connectivity index (χ3n) is 2.50. The van der Waals surface area contributed by atoms with Crippen LogP contribution in [0.4, 0.5) is 0 Å². The largest absolute Gasteiger partial charge is 0.310 e. The number of hydrogen-bond donors (Lipinski definition) is 1. The highest BCUT2D eigenvalue weighted by Gasteiger charge is 2.19. The van der Waals surface area contributed by atoms with Gasteiger partial charge >= 0.3 is 0 Å². The minimum Gasteiger partial charge on any atom is -0.310 e. The third-order valence-corrected chi connectivity index (χ3v) is 2.50. The molecule has 0 unspecified atom stereocenters. The van der Waals surface area contributed by atoms with Gasteiger partial charge in [0.1, 0.15) is 0 Å². The number of aromatic nitrogens is 4. The van der Waals surface area contributed by atoms with Gasteiger partial charge < -0.3 is 5.32 Å². The minimum atomic E-state index is 0.735. The van der Waals surface area contributed by atoms with Crippen LogP contribution in [-0.4, -0.2) is 26.8 Å². The van der Waals surface area contributed by atoms with E-state index in [0.29, 0.717) is 0 Å². The topological polar surface area (TPSA) is 55.6 Å². The molecule has 2 rings (SSSR count). The first-order valence-corrected chi connectivity index (χ1v) is 5.28. The third kappa shape index (κ3) is 3.06. The van der Waals surface area contributed by atoms with E-state index in [2.05, 4.69) is 20.7 Å². The van der Waals surface area contributed by atoms with Crippen LogP contribution in [0.1, 0.15) is 31.5 Å². The summed E-state index contributed by atoms with van der Waals surface area (Å²) in [4.78, 5) is 1.49. The van der Waals surface area contributed by atoms with Gasteiger partial charge in [-0.3, -0.25) is 0 Å². The summed E-state index contributed by atoms with van der Waals surface area (Å²) >= 11 is 0. The predicted octanol–water partition coefficient (Wildman–Crippen LogP) is 0.490. The quantitative estimate of drug-likeness (QED) is 0.671. The van der Waals surface area contributed by atoms with Gasteiger partial charge in [0, 0.05) is 0 Å². The van der Waals surface area contributed by atoms with E-state index in [4.69, 9.17) is 0 Å². The zero-order chi connectivity index (χ0) is 9.80. The molecule has 78 valence electrons. The normalized spacial score (nSPS) is 16.1. The average molecular weight is 195 g/mol. The number of nitrogens with one attached hydrogen (secondary N) is 1. The fourth-order valence-electron chi connectivity index (χ4n) is 1.52. The van der Waals surface area contributed by atoms with Crippen molar-refractivity contribution in [1.29, 1.82) is 0 Å². The molecule has 5 heteroatoms. The molecule has 0 radical (unpaired) electrons. The van der Waals surface area contributed by atoms with Gasteiger partial charge in [0.05, 0.1) is 13.6 Å². The molecule has 5 nitrogen and oxygen atoms in total. The van der Waals surface area contributed by atoms with Gasteiger partial charge in [-0.05, 0) is 30.5 Å². The van der Waals surface area contributed by atoms with Gasteiger partial charge in [-0.2, -0.15) is 4.80 Å². The molecule has 14 heavy (non-hydrogen) atoms. The number of aryl methyl sites for hydroxylation is 1. The summed E-state index contributed by atoms with van der Waals surface area (Å²) in [5.41, 5.74) is 0. The number of rotatable bonds is 6. The van der Waals surface area contributed by atoms with Crippen LogP contribution in [0.15, 0.2) is 0 Å². The smallest absolute Gasteiger partial charge is 0.188 e. The second-order valence-electron chi connectivity index (χ2n) is 3.96. The minimum absolute atomic E-state index is 0.735. The van der Waals surface area contributed by atoms with Crippen LogP contribution in [0.2, 0.25) is 0 Å². The van der Waals surface area contributed by atoms with Crippen LogP contribution >= 0.6 is 0 Å². The van der Waals surface area contributed by atoms with E-state index in [1.165, 1.54) is 30.5 Å². The molecule has 1 N–H and O–H groups in total. The van der Waals surface area contributed by atoms with Crippen LogP contribution in [-0.2, 0) is 13.6 Å². The SMILES string of the molecule is Cn1nnc(CNCCCC2CC2)n1. The summed E-state index contributed by atoms with van der Waals surface area (Å²) in [5.74, 6) is 1.81. The number of hydrogen-bond acceptors (Lipinski definition) is 4. The Bertz CT molecular complexity index is 278. The molecule has 0 bridgehead atoms. The Kier molecular flexibility index (Phi) is 3.08. The molecule has 0 spiro atoms. The highest BCUT2D eigenvalue weighted by molar-refractivity contribution is 4.76. The molecular formula is C9H17N5. The first-order chi connectivity index (χ1) is 6.84. The molecule has 1 aromatic rings. The lowest BCUT2D eigenvalue weighted by molar-refractivity contribution is 0.579. The lowest BCUT2D eigenvalue weighted by atomic mass is 10.2. The van der Waals surface area contributed by atoms with Crippen molar-refractivity contribution in [1.82, 2.24) is 25.5 Å². The molecule has 1 aliphatic rings. The van der Waals surface area contributed by atoms with Gasteiger partial charge in [-0.1, -0.05) is 12.8 Å². The average Bonchev–Trinajstić information content (AvgIpc) is 2.89. The zero-order valence-corrected chi connectivity index (χ0v) is 8.61. The van der Waals surface area contributed by atoms with E-state index >= 15 is 0 Å². The lowest BCUT2D eigenvalue weighted by Gasteiger charge is -2.00. The highest BCUT2D eigenvalue weighted by Crippen LogP contribution is 2.33. The van der Waals surface area contributed by atoms with Crippen molar-refractivity contribution in [3.05, 3.63) is 5.82 Å². The standard InChI is InChI=1S/C9H17N5/c1-14-12-9(11-13-14)7-10-6-2-3-8-4-5-8/h8,10H,2-7H2,1H3. The number of nitrogens with zero attached hydrogens (tertiary/aromatic N) is 4. The Morgan fingerprint density at radius 3 is 3.00 bits per heavy atom. The molecule has 1 fully saturated rings. The van der Waals surface area contributed by atoms with E-state index in [-0.39, 0.29) is 0 Å². The Morgan fingerprint density at radius 2 is 2.36 bits per heavy atom. The Labute approximate surface area is 83.9 Å². The maximum Gasteiger partial charge on any atom is 0.188 e. The van der Waals surface area contributed by atoms with Gasteiger partial charge in [-0.25, -0.2) is 0 Å². The molecule has 1 heterocycles. The molecule has 0 saturated heterocycles. The maximum atomic E-state index is 4.09. The van der Waals surface area contributed by atoms with Gasteiger partial charge in [0.15, 0.2) is 5.82 Å². The molecule has 1 saturated carbocycles.